The van der Waals surface area contributed by atoms with Crippen LogP contribution in [0.5, 0.6) is 11.6 Å². The van der Waals surface area contributed by atoms with E-state index >= 15 is 0 Å². The first kappa shape index (κ1) is 25.1. The van der Waals surface area contributed by atoms with Crippen molar-refractivity contribution in [1.82, 2.24) is 19.7 Å². The van der Waals surface area contributed by atoms with E-state index < -0.39 is 10.0 Å². The number of benzene rings is 3. The van der Waals surface area contributed by atoms with Gasteiger partial charge in [-0.25, -0.2) is 28.1 Å². The molecule has 10 heteroatoms. The first-order chi connectivity index (χ1) is 17.7. The molecule has 0 spiro atoms. The molecule has 0 aliphatic heterocycles. The first-order valence-electron chi connectivity index (χ1n) is 11.7. The van der Waals surface area contributed by atoms with Crippen LogP contribution in [0.3, 0.4) is 0 Å². The van der Waals surface area contributed by atoms with Gasteiger partial charge in [0.1, 0.15) is 17.4 Å². The highest BCUT2D eigenvalue weighted by Gasteiger charge is 2.16. The molecule has 2 heterocycles. The molecule has 0 saturated carbocycles. The zero-order valence-corrected chi connectivity index (χ0v) is 22.5. The lowest BCUT2D eigenvalue weighted by Crippen LogP contribution is -2.28. The number of aryl methyl sites for hydroxylation is 3. The standard InChI is InChI=1S/C27H26N4O4S2/c1-16-5-7-20(8-6-16)37(32,33)29-9-10-35-19-13-18(3)25-23(14-19)36-27(31-25)21-11-17(2)12-22-26(21)28-15-24(30-22)34-4/h5-8,11-15,29H,9-10H2,1-4H3. The molecule has 190 valence electrons. The van der Waals surface area contributed by atoms with Crippen LogP contribution in [-0.2, 0) is 10.0 Å². The molecule has 5 aromatic rings. The van der Waals surface area contributed by atoms with Crippen LogP contribution in [0.25, 0.3) is 31.8 Å². The second kappa shape index (κ2) is 10.0. The fraction of sp³-hybridized carbons (Fsp3) is 0.222. The van der Waals surface area contributed by atoms with Crippen molar-refractivity contribution < 1.29 is 17.9 Å². The van der Waals surface area contributed by atoms with Crippen molar-refractivity contribution in [2.24, 2.45) is 0 Å². The molecule has 8 nitrogen and oxygen atoms in total. The lowest BCUT2D eigenvalue weighted by atomic mass is 10.1. The number of nitrogens with one attached hydrogen (secondary N) is 1. The molecule has 0 fully saturated rings. The fourth-order valence-corrected chi connectivity index (χ4v) is 6.12. The highest BCUT2D eigenvalue weighted by atomic mass is 32.2. The predicted molar refractivity (Wildman–Crippen MR) is 146 cm³/mol. The normalized spacial score (nSPS) is 11.8. The van der Waals surface area contributed by atoms with Gasteiger partial charge >= 0.3 is 0 Å². The summed E-state index contributed by atoms with van der Waals surface area (Å²) in [7, 11) is -2.01. The van der Waals surface area contributed by atoms with Crippen molar-refractivity contribution in [1.29, 1.82) is 0 Å². The summed E-state index contributed by atoms with van der Waals surface area (Å²) >= 11 is 1.55. The number of aromatic nitrogens is 3. The van der Waals surface area contributed by atoms with Gasteiger partial charge in [0.15, 0.2) is 0 Å². The lowest BCUT2D eigenvalue weighted by Gasteiger charge is -2.09. The Morgan fingerprint density at radius 2 is 1.73 bits per heavy atom. The van der Waals surface area contributed by atoms with Gasteiger partial charge in [0, 0.05) is 12.1 Å². The largest absolute Gasteiger partial charge is 0.492 e. The number of hydrogen-bond acceptors (Lipinski definition) is 8. The molecule has 1 N–H and O–H groups in total. The summed E-state index contributed by atoms with van der Waals surface area (Å²) in [6, 6.07) is 14.6. The van der Waals surface area contributed by atoms with Crippen LogP contribution in [0.2, 0.25) is 0 Å². The van der Waals surface area contributed by atoms with Gasteiger partial charge in [-0.2, -0.15) is 0 Å². The third-order valence-electron chi connectivity index (χ3n) is 5.86. The average Bonchev–Trinajstić information content (AvgIpc) is 3.31. The van der Waals surface area contributed by atoms with Gasteiger partial charge < -0.3 is 9.47 Å². The van der Waals surface area contributed by atoms with Crippen LogP contribution in [0.4, 0.5) is 0 Å². The van der Waals surface area contributed by atoms with E-state index in [4.69, 9.17) is 14.5 Å². The lowest BCUT2D eigenvalue weighted by molar-refractivity contribution is 0.323. The molecule has 2 aromatic heterocycles. The van der Waals surface area contributed by atoms with Gasteiger partial charge in [0.2, 0.25) is 15.9 Å². The molecule has 0 saturated heterocycles. The number of ether oxygens (including phenoxy) is 2. The Hall–Kier alpha value is -3.60. The molecule has 0 amide bonds. The summed E-state index contributed by atoms with van der Waals surface area (Å²) in [5.74, 6) is 1.13. The molecule has 5 rings (SSSR count). The van der Waals surface area contributed by atoms with Crippen molar-refractivity contribution in [2.75, 3.05) is 20.3 Å². The Balaban J connectivity index is 1.35. The minimum Gasteiger partial charge on any atom is -0.492 e. The molecular weight excluding hydrogens is 508 g/mol. The number of methoxy groups -OCH3 is 1. The van der Waals surface area contributed by atoms with Crippen molar-refractivity contribution >= 4 is 42.6 Å². The minimum absolute atomic E-state index is 0.151. The van der Waals surface area contributed by atoms with Crippen molar-refractivity contribution in [3.63, 3.8) is 0 Å². The zero-order valence-electron chi connectivity index (χ0n) is 20.9. The maximum Gasteiger partial charge on any atom is 0.240 e. The second-order valence-corrected chi connectivity index (χ2v) is 11.6. The van der Waals surface area contributed by atoms with E-state index in [9.17, 15) is 8.42 Å². The molecule has 0 atom stereocenters. The summed E-state index contributed by atoms with van der Waals surface area (Å²) in [4.78, 5) is 14.2. The number of sulfonamides is 1. The van der Waals surface area contributed by atoms with Gasteiger partial charge in [0.25, 0.3) is 0 Å². The third kappa shape index (κ3) is 5.27. The average molecular weight is 535 g/mol. The van der Waals surface area contributed by atoms with Crippen LogP contribution in [0.15, 0.2) is 59.6 Å². The summed E-state index contributed by atoms with van der Waals surface area (Å²) in [6.07, 6.45) is 1.61. The molecular formula is C27H26N4O4S2. The number of thiazole rings is 1. The van der Waals surface area contributed by atoms with Crippen LogP contribution < -0.4 is 14.2 Å². The summed E-state index contributed by atoms with van der Waals surface area (Å²) < 4.78 is 39.7. The SMILES string of the molecule is COc1cnc2c(-c3nc4c(C)cc(OCCNS(=O)(=O)c5ccc(C)cc5)cc4s3)cc(C)cc2n1. The molecule has 0 unspecified atom stereocenters. The predicted octanol–water partition coefficient (Wildman–Crippen LogP) is 5.20. The summed E-state index contributed by atoms with van der Waals surface area (Å²) in [5.41, 5.74) is 6.35. The second-order valence-electron chi connectivity index (χ2n) is 8.76. The molecule has 0 radical (unpaired) electrons. The fourth-order valence-electron chi connectivity index (χ4n) is 4.02. The Morgan fingerprint density at radius 1 is 0.946 bits per heavy atom. The quantitative estimate of drug-likeness (QED) is 0.273. The number of fused-ring (bicyclic) bond motifs is 2. The van der Waals surface area contributed by atoms with Crippen molar-refractivity contribution in [2.45, 2.75) is 25.7 Å². The zero-order chi connectivity index (χ0) is 26.2. The van der Waals surface area contributed by atoms with Gasteiger partial charge in [-0.1, -0.05) is 17.7 Å². The van der Waals surface area contributed by atoms with Gasteiger partial charge in [-0.05, 0) is 68.3 Å². The smallest absolute Gasteiger partial charge is 0.240 e. The van der Waals surface area contributed by atoms with Crippen LogP contribution in [0, 0.1) is 20.8 Å². The Labute approximate surface area is 219 Å². The van der Waals surface area contributed by atoms with Gasteiger partial charge in [-0.15, -0.1) is 11.3 Å². The Kier molecular flexibility index (Phi) is 6.80. The first-order valence-corrected chi connectivity index (χ1v) is 14.0. The highest BCUT2D eigenvalue weighted by molar-refractivity contribution is 7.89. The van der Waals surface area contributed by atoms with E-state index in [1.54, 1.807) is 48.9 Å². The van der Waals surface area contributed by atoms with E-state index in [0.717, 1.165) is 48.5 Å². The Morgan fingerprint density at radius 3 is 2.49 bits per heavy atom. The maximum absolute atomic E-state index is 12.5. The van der Waals surface area contributed by atoms with Gasteiger partial charge in [-0.3, -0.25) is 0 Å². The molecule has 0 aliphatic rings. The van der Waals surface area contributed by atoms with Crippen LogP contribution in [0.1, 0.15) is 16.7 Å². The van der Waals surface area contributed by atoms with Crippen LogP contribution >= 0.6 is 11.3 Å². The molecule has 0 bridgehead atoms. The van der Waals surface area contributed by atoms with Crippen molar-refractivity contribution in [3.05, 3.63) is 71.4 Å². The van der Waals surface area contributed by atoms with Gasteiger partial charge in [0.05, 0.1) is 39.5 Å². The number of rotatable bonds is 8. The van der Waals surface area contributed by atoms with E-state index in [1.165, 1.54) is 0 Å². The topological polar surface area (TPSA) is 103 Å². The monoisotopic (exact) mass is 534 g/mol. The Bertz CT molecular complexity index is 1710. The highest BCUT2D eigenvalue weighted by Crippen LogP contribution is 2.37. The van der Waals surface area contributed by atoms with Crippen molar-refractivity contribution in [3.8, 4) is 22.2 Å². The van der Waals surface area contributed by atoms with Crippen LogP contribution in [-0.4, -0.2) is 43.6 Å². The summed E-state index contributed by atoms with van der Waals surface area (Å²) in [5, 5.41) is 0.842. The third-order valence-corrected chi connectivity index (χ3v) is 8.37. The minimum atomic E-state index is -3.58. The summed E-state index contributed by atoms with van der Waals surface area (Å²) in [6.45, 7) is 6.26. The molecule has 0 aliphatic carbocycles. The maximum atomic E-state index is 12.5. The van der Waals surface area contributed by atoms with E-state index in [-0.39, 0.29) is 18.0 Å². The number of nitrogens with zero attached hydrogens (tertiary/aromatic N) is 3. The number of hydrogen-bond donors (Lipinski definition) is 1. The molecule has 3 aromatic carbocycles. The van der Waals surface area contributed by atoms with E-state index in [0.29, 0.717) is 11.6 Å². The van der Waals surface area contributed by atoms with E-state index in [1.807, 2.05) is 39.0 Å². The van der Waals surface area contributed by atoms with E-state index in [2.05, 4.69) is 20.8 Å². The molecule has 37 heavy (non-hydrogen) atoms.